The van der Waals surface area contributed by atoms with Crippen molar-refractivity contribution in [2.75, 3.05) is 19.7 Å². The maximum Gasteiger partial charge on any atom is 0.427 e. The van der Waals surface area contributed by atoms with Crippen LogP contribution in [0.1, 0.15) is 56.0 Å². The van der Waals surface area contributed by atoms with Gasteiger partial charge in [0.05, 0.1) is 11.6 Å². The second-order valence-corrected chi connectivity index (χ2v) is 10.1. The van der Waals surface area contributed by atoms with E-state index in [2.05, 4.69) is 4.98 Å². The Morgan fingerprint density at radius 1 is 1.03 bits per heavy atom. The number of rotatable bonds is 8. The van der Waals surface area contributed by atoms with Crippen LogP contribution in [0.3, 0.4) is 0 Å². The maximum atomic E-state index is 14.7. The number of ether oxygens (including phenoxy) is 1. The number of pyridine rings is 1. The summed E-state index contributed by atoms with van der Waals surface area (Å²) in [6.45, 7) is 5.31. The van der Waals surface area contributed by atoms with Crippen molar-refractivity contribution >= 4 is 0 Å². The highest BCUT2D eigenvalue weighted by Crippen LogP contribution is 2.61. The molecule has 1 atom stereocenters. The van der Waals surface area contributed by atoms with Crippen LogP contribution in [0.15, 0.2) is 42.6 Å². The molecule has 0 spiro atoms. The van der Waals surface area contributed by atoms with Crippen LogP contribution in [0.2, 0.25) is 0 Å². The Balaban J connectivity index is 2.10. The second kappa shape index (κ2) is 10.3. The number of aryl methyl sites for hydroxylation is 2. The Morgan fingerprint density at radius 2 is 1.65 bits per heavy atom. The first-order valence-corrected chi connectivity index (χ1v) is 12.1. The van der Waals surface area contributed by atoms with E-state index in [9.17, 15) is 26.3 Å². The quantitative estimate of drug-likeness (QED) is 0.358. The molecule has 1 aromatic carbocycles. The molecule has 1 unspecified atom stereocenters. The summed E-state index contributed by atoms with van der Waals surface area (Å²) in [5.74, 6) is 0. The molecule has 0 radical (unpaired) electrons. The predicted molar refractivity (Wildman–Crippen MR) is 127 cm³/mol. The molecular formula is C27H31F6N3O. The van der Waals surface area contributed by atoms with Gasteiger partial charge in [0, 0.05) is 36.0 Å². The van der Waals surface area contributed by atoms with E-state index in [4.69, 9.17) is 10.00 Å². The average Bonchev–Trinajstić information content (AvgIpc) is 3.26. The van der Waals surface area contributed by atoms with E-state index in [-0.39, 0.29) is 19.4 Å². The van der Waals surface area contributed by atoms with Crippen molar-refractivity contribution in [2.45, 2.75) is 70.4 Å². The molecule has 1 aliphatic rings. The van der Waals surface area contributed by atoms with Crippen molar-refractivity contribution in [1.29, 1.82) is 5.26 Å². The number of alkyl halides is 6. The molecular weight excluding hydrogens is 496 g/mol. The van der Waals surface area contributed by atoms with Gasteiger partial charge in [-0.25, -0.2) is 0 Å². The first-order chi connectivity index (χ1) is 17.1. The van der Waals surface area contributed by atoms with Crippen molar-refractivity contribution in [3.63, 3.8) is 0 Å². The van der Waals surface area contributed by atoms with E-state index in [1.165, 1.54) is 12.1 Å². The fraction of sp³-hybridized carbons (Fsp3) is 0.556. The fourth-order valence-corrected chi connectivity index (χ4v) is 5.45. The van der Waals surface area contributed by atoms with E-state index < -0.39 is 48.5 Å². The summed E-state index contributed by atoms with van der Waals surface area (Å²) in [6.07, 6.45) is -10.6. The van der Waals surface area contributed by atoms with Gasteiger partial charge >= 0.3 is 12.4 Å². The number of nitrogens with zero attached hydrogens (tertiary/aromatic N) is 3. The zero-order chi connectivity index (χ0) is 27.7. The van der Waals surface area contributed by atoms with Gasteiger partial charge in [0.2, 0.25) is 0 Å². The molecule has 1 saturated heterocycles. The first kappa shape index (κ1) is 28.9. The molecule has 3 rings (SSSR count). The average molecular weight is 528 g/mol. The van der Waals surface area contributed by atoms with Crippen LogP contribution < -0.4 is 0 Å². The summed E-state index contributed by atoms with van der Waals surface area (Å²) in [4.78, 5) is 5.94. The summed E-state index contributed by atoms with van der Waals surface area (Å²) in [5.41, 5.74) is -5.16. The van der Waals surface area contributed by atoms with Crippen LogP contribution >= 0.6 is 0 Å². The third kappa shape index (κ3) is 5.21. The van der Waals surface area contributed by atoms with Gasteiger partial charge in [-0.15, -0.1) is 0 Å². The van der Waals surface area contributed by atoms with E-state index in [0.29, 0.717) is 16.7 Å². The third-order valence-corrected chi connectivity index (χ3v) is 7.64. The van der Waals surface area contributed by atoms with Gasteiger partial charge in [-0.05, 0) is 82.8 Å². The van der Waals surface area contributed by atoms with Crippen LogP contribution in [0.25, 0.3) is 0 Å². The molecule has 2 heterocycles. The molecule has 1 aliphatic heterocycles. The Labute approximate surface area is 213 Å². The highest BCUT2D eigenvalue weighted by molar-refractivity contribution is 5.32. The Hall–Kier alpha value is -2.64. The molecule has 10 heteroatoms. The van der Waals surface area contributed by atoms with Gasteiger partial charge < -0.3 is 4.74 Å². The topological polar surface area (TPSA) is 49.1 Å². The van der Waals surface area contributed by atoms with Crippen LogP contribution in [0.4, 0.5) is 26.3 Å². The molecule has 1 aromatic heterocycles. The number of nitriles is 1. The highest BCUT2D eigenvalue weighted by Gasteiger charge is 2.81. The summed E-state index contributed by atoms with van der Waals surface area (Å²) < 4.78 is 92.8. The molecule has 0 saturated carbocycles. The first-order valence-electron chi connectivity index (χ1n) is 12.1. The SMILES string of the molecule is CCOC(C(F)(F)F)(C(F)(F)F)C1(CCc2ccc(C#N)cc2)CCN(C(C)(C)c2ccc(C)nc2)C1. The summed E-state index contributed by atoms with van der Waals surface area (Å²) in [6, 6.07) is 11.6. The molecule has 37 heavy (non-hydrogen) atoms. The van der Waals surface area contributed by atoms with E-state index >= 15 is 0 Å². The van der Waals surface area contributed by atoms with Gasteiger partial charge in [-0.2, -0.15) is 31.6 Å². The molecule has 0 bridgehead atoms. The fourth-order valence-electron chi connectivity index (χ4n) is 5.45. The lowest BCUT2D eigenvalue weighted by Crippen LogP contribution is -2.69. The number of hydrogen-bond donors (Lipinski definition) is 0. The molecule has 4 nitrogen and oxygen atoms in total. The van der Waals surface area contributed by atoms with Crippen molar-refractivity contribution in [3.05, 3.63) is 65.0 Å². The zero-order valence-electron chi connectivity index (χ0n) is 21.3. The zero-order valence-corrected chi connectivity index (χ0v) is 21.3. The van der Waals surface area contributed by atoms with Crippen LogP contribution in [-0.2, 0) is 16.7 Å². The third-order valence-electron chi connectivity index (χ3n) is 7.64. The largest absolute Gasteiger partial charge is 0.427 e. The molecule has 0 aliphatic carbocycles. The van der Waals surface area contributed by atoms with Gasteiger partial charge in [-0.3, -0.25) is 9.88 Å². The standard InChI is InChI=1S/C27H31F6N3O/c1-5-37-25(26(28,29)30,27(31,32)33)24(13-12-20-7-9-21(16-34)10-8-20)14-15-36(18-24)23(3,4)22-11-6-19(2)35-17-22/h6-11,17H,5,12-15,18H2,1-4H3. The second-order valence-electron chi connectivity index (χ2n) is 10.1. The smallest absolute Gasteiger partial charge is 0.358 e. The summed E-state index contributed by atoms with van der Waals surface area (Å²) in [5, 5.41) is 9.00. The number of hydrogen-bond acceptors (Lipinski definition) is 4. The number of likely N-dealkylation sites (tertiary alicyclic amines) is 1. The van der Waals surface area contributed by atoms with Gasteiger partial charge in [0.25, 0.3) is 5.60 Å². The van der Waals surface area contributed by atoms with Crippen molar-refractivity contribution in [2.24, 2.45) is 5.41 Å². The summed E-state index contributed by atoms with van der Waals surface area (Å²) in [7, 11) is 0. The molecule has 0 N–H and O–H groups in total. The van der Waals surface area contributed by atoms with Crippen molar-refractivity contribution < 1.29 is 31.1 Å². The Bertz CT molecular complexity index is 1090. The lowest BCUT2D eigenvalue weighted by atomic mass is 9.66. The monoisotopic (exact) mass is 527 g/mol. The lowest BCUT2D eigenvalue weighted by Gasteiger charge is -2.50. The van der Waals surface area contributed by atoms with Gasteiger partial charge in [0.1, 0.15) is 0 Å². The van der Waals surface area contributed by atoms with Gasteiger partial charge in [-0.1, -0.05) is 18.2 Å². The van der Waals surface area contributed by atoms with Crippen molar-refractivity contribution in [1.82, 2.24) is 9.88 Å². The van der Waals surface area contributed by atoms with Gasteiger partial charge in [0.15, 0.2) is 0 Å². The minimum atomic E-state index is -5.70. The molecule has 0 amide bonds. The predicted octanol–water partition coefficient (Wildman–Crippen LogP) is 6.72. The van der Waals surface area contributed by atoms with Crippen LogP contribution in [0, 0.1) is 23.7 Å². The molecule has 2 aromatic rings. The minimum absolute atomic E-state index is 0.0230. The minimum Gasteiger partial charge on any atom is -0.358 e. The Kier molecular flexibility index (Phi) is 8.02. The number of aromatic nitrogens is 1. The van der Waals surface area contributed by atoms with E-state index in [1.807, 2.05) is 6.07 Å². The van der Waals surface area contributed by atoms with Crippen LogP contribution in [-0.4, -0.2) is 47.5 Å². The number of benzene rings is 1. The van der Waals surface area contributed by atoms with Crippen molar-refractivity contribution in [3.8, 4) is 6.07 Å². The van der Waals surface area contributed by atoms with E-state index in [0.717, 1.165) is 12.6 Å². The summed E-state index contributed by atoms with van der Waals surface area (Å²) >= 11 is 0. The Morgan fingerprint density at radius 3 is 2.14 bits per heavy atom. The van der Waals surface area contributed by atoms with E-state index in [1.54, 1.807) is 56.1 Å². The van der Waals surface area contributed by atoms with Crippen LogP contribution in [0.5, 0.6) is 0 Å². The highest BCUT2D eigenvalue weighted by atomic mass is 19.4. The normalized spacial score (nSPS) is 19.7. The maximum absolute atomic E-state index is 14.7. The number of halogens is 6. The molecule has 202 valence electrons. The molecule has 1 fully saturated rings. The lowest BCUT2D eigenvalue weighted by molar-refractivity contribution is -0.415.